The van der Waals surface area contributed by atoms with Crippen LogP contribution in [-0.2, 0) is 20.9 Å². The molecule has 3 rings (SSSR count). The lowest BCUT2D eigenvalue weighted by Crippen LogP contribution is -2.24. The van der Waals surface area contributed by atoms with Crippen LogP contribution in [0.5, 0.6) is 5.75 Å². The van der Waals surface area contributed by atoms with Crippen LogP contribution < -0.4 is 10.1 Å². The first-order valence-corrected chi connectivity index (χ1v) is 9.62. The molecule has 0 spiro atoms. The molecule has 0 radical (unpaired) electrons. The molecule has 2 aromatic rings. The first-order chi connectivity index (χ1) is 14.1. The molecule has 0 saturated carbocycles. The smallest absolute Gasteiger partial charge is 0.338 e. The Bertz CT molecular complexity index is 879. The third-order valence-corrected chi connectivity index (χ3v) is 4.53. The molecule has 2 aromatic carbocycles. The fraction of sp³-hybridized carbons (Fsp3) is 0.318. The van der Waals surface area contributed by atoms with Crippen LogP contribution in [0.3, 0.4) is 0 Å². The molecule has 0 bridgehead atoms. The molecule has 0 aromatic heterocycles. The summed E-state index contributed by atoms with van der Waals surface area (Å²) < 4.78 is 10.5. The molecule has 152 valence electrons. The first-order valence-electron chi connectivity index (χ1n) is 9.62. The maximum absolute atomic E-state index is 12.2. The lowest BCUT2D eigenvalue weighted by molar-refractivity contribution is -0.128. The summed E-state index contributed by atoms with van der Waals surface area (Å²) in [7, 11) is 0. The number of esters is 1. The third kappa shape index (κ3) is 5.57. The quantitative estimate of drug-likeness (QED) is 0.694. The number of rotatable bonds is 8. The molecule has 0 atom stereocenters. The fourth-order valence-electron chi connectivity index (χ4n) is 3.09. The van der Waals surface area contributed by atoms with E-state index in [1.165, 1.54) is 0 Å². The van der Waals surface area contributed by atoms with Crippen molar-refractivity contribution in [3.63, 3.8) is 0 Å². The summed E-state index contributed by atoms with van der Waals surface area (Å²) in [5.41, 5.74) is 1.82. The van der Waals surface area contributed by atoms with Crippen molar-refractivity contribution in [1.29, 1.82) is 0 Å². The highest BCUT2D eigenvalue weighted by atomic mass is 16.5. The van der Waals surface area contributed by atoms with Crippen LogP contribution in [0.25, 0.3) is 0 Å². The number of hydrogen-bond acceptors (Lipinski definition) is 5. The van der Waals surface area contributed by atoms with Gasteiger partial charge in [-0.3, -0.25) is 9.59 Å². The number of anilines is 1. The van der Waals surface area contributed by atoms with Crippen molar-refractivity contribution in [3.8, 4) is 5.75 Å². The van der Waals surface area contributed by atoms with Gasteiger partial charge in [-0.15, -0.1) is 0 Å². The Morgan fingerprint density at radius 2 is 1.86 bits per heavy atom. The normalized spacial score (nSPS) is 13.3. The van der Waals surface area contributed by atoms with Crippen molar-refractivity contribution in [2.45, 2.75) is 26.3 Å². The Balaban J connectivity index is 1.50. The van der Waals surface area contributed by atoms with Gasteiger partial charge in [-0.2, -0.15) is 0 Å². The predicted molar refractivity (Wildman–Crippen MR) is 108 cm³/mol. The van der Waals surface area contributed by atoms with Crippen molar-refractivity contribution in [2.75, 3.05) is 25.1 Å². The van der Waals surface area contributed by atoms with Crippen LogP contribution >= 0.6 is 0 Å². The molecule has 0 aliphatic carbocycles. The SMILES string of the molecule is CCOc1ccccc1NC(=O)COC(=O)c1ccc(CN2CCCC2=O)cc1. The zero-order valence-corrected chi connectivity index (χ0v) is 16.3. The van der Waals surface area contributed by atoms with Gasteiger partial charge in [-0.1, -0.05) is 24.3 Å². The van der Waals surface area contributed by atoms with Crippen molar-refractivity contribution < 1.29 is 23.9 Å². The van der Waals surface area contributed by atoms with E-state index in [0.29, 0.717) is 36.6 Å². The second kappa shape index (κ2) is 9.73. The number of likely N-dealkylation sites (tertiary alicyclic amines) is 1. The lowest BCUT2D eigenvalue weighted by Gasteiger charge is -2.15. The molecule has 1 saturated heterocycles. The van der Waals surface area contributed by atoms with Crippen molar-refractivity contribution in [2.24, 2.45) is 0 Å². The maximum Gasteiger partial charge on any atom is 0.338 e. The van der Waals surface area contributed by atoms with Gasteiger partial charge < -0.3 is 19.7 Å². The van der Waals surface area contributed by atoms with Crippen LogP contribution in [-0.4, -0.2) is 42.4 Å². The zero-order valence-electron chi connectivity index (χ0n) is 16.3. The first kappa shape index (κ1) is 20.4. The molecule has 1 heterocycles. The molecular formula is C22H24N2O5. The van der Waals surface area contributed by atoms with Crippen LogP contribution in [0.4, 0.5) is 5.69 Å². The molecular weight excluding hydrogens is 372 g/mol. The summed E-state index contributed by atoms with van der Waals surface area (Å²) in [6.45, 7) is 3.24. The summed E-state index contributed by atoms with van der Waals surface area (Å²) in [6, 6.07) is 13.9. The molecule has 1 aliphatic rings. The van der Waals surface area contributed by atoms with Crippen LogP contribution in [0.15, 0.2) is 48.5 Å². The zero-order chi connectivity index (χ0) is 20.6. The van der Waals surface area contributed by atoms with Gasteiger partial charge in [0.25, 0.3) is 5.91 Å². The number of nitrogens with one attached hydrogen (secondary N) is 1. The Morgan fingerprint density at radius 1 is 1.10 bits per heavy atom. The van der Waals surface area contributed by atoms with E-state index < -0.39 is 18.5 Å². The van der Waals surface area contributed by atoms with E-state index in [-0.39, 0.29) is 5.91 Å². The van der Waals surface area contributed by atoms with Gasteiger partial charge >= 0.3 is 5.97 Å². The predicted octanol–water partition coefficient (Wildman–Crippen LogP) is 3.00. The molecule has 2 amide bonds. The van der Waals surface area contributed by atoms with E-state index in [1.807, 2.05) is 13.0 Å². The number of carbonyl (C=O) groups excluding carboxylic acids is 3. The highest BCUT2D eigenvalue weighted by molar-refractivity contribution is 5.96. The highest BCUT2D eigenvalue weighted by Crippen LogP contribution is 2.23. The van der Waals surface area contributed by atoms with Gasteiger partial charge in [-0.05, 0) is 43.2 Å². The van der Waals surface area contributed by atoms with E-state index >= 15 is 0 Å². The van der Waals surface area contributed by atoms with Gasteiger partial charge in [0.2, 0.25) is 5.91 Å². The number of nitrogens with zero attached hydrogens (tertiary/aromatic N) is 1. The van der Waals surface area contributed by atoms with Gasteiger partial charge in [0.05, 0.1) is 17.9 Å². The number of hydrogen-bond donors (Lipinski definition) is 1. The van der Waals surface area contributed by atoms with Crippen LogP contribution in [0.2, 0.25) is 0 Å². The van der Waals surface area contributed by atoms with Crippen molar-refractivity contribution in [3.05, 3.63) is 59.7 Å². The van der Waals surface area contributed by atoms with E-state index in [1.54, 1.807) is 47.4 Å². The number of benzene rings is 2. The minimum absolute atomic E-state index is 0.158. The average Bonchev–Trinajstić information content (AvgIpc) is 3.13. The molecule has 7 nitrogen and oxygen atoms in total. The molecule has 0 unspecified atom stereocenters. The number of carbonyl (C=O) groups is 3. The molecule has 1 aliphatic heterocycles. The Hall–Kier alpha value is -3.35. The highest BCUT2D eigenvalue weighted by Gasteiger charge is 2.20. The van der Waals surface area contributed by atoms with Crippen LogP contribution in [0, 0.1) is 0 Å². The summed E-state index contributed by atoms with van der Waals surface area (Å²) in [6.07, 6.45) is 1.49. The Morgan fingerprint density at radius 3 is 2.55 bits per heavy atom. The minimum Gasteiger partial charge on any atom is -0.492 e. The average molecular weight is 396 g/mol. The molecule has 7 heteroatoms. The van der Waals surface area contributed by atoms with E-state index in [2.05, 4.69) is 5.32 Å². The Labute approximate surface area is 169 Å². The van der Waals surface area contributed by atoms with Gasteiger partial charge in [0.1, 0.15) is 5.75 Å². The van der Waals surface area contributed by atoms with E-state index in [9.17, 15) is 14.4 Å². The van der Waals surface area contributed by atoms with Gasteiger partial charge in [-0.25, -0.2) is 4.79 Å². The second-order valence-electron chi connectivity index (χ2n) is 6.67. The monoisotopic (exact) mass is 396 g/mol. The largest absolute Gasteiger partial charge is 0.492 e. The fourth-order valence-corrected chi connectivity index (χ4v) is 3.09. The number of para-hydroxylation sites is 2. The maximum atomic E-state index is 12.2. The lowest BCUT2D eigenvalue weighted by atomic mass is 10.1. The Kier molecular flexibility index (Phi) is 6.84. The van der Waals surface area contributed by atoms with Crippen molar-refractivity contribution >= 4 is 23.5 Å². The van der Waals surface area contributed by atoms with Gasteiger partial charge in [0, 0.05) is 19.5 Å². The standard InChI is InChI=1S/C22H24N2O5/c1-2-28-19-7-4-3-6-18(19)23-20(25)15-29-22(27)17-11-9-16(10-12-17)14-24-13-5-8-21(24)26/h3-4,6-7,9-12H,2,5,8,13-15H2,1H3,(H,23,25). The minimum atomic E-state index is -0.581. The summed E-state index contributed by atoms with van der Waals surface area (Å²) in [5, 5.41) is 2.68. The number of amides is 2. The van der Waals surface area contributed by atoms with Gasteiger partial charge in [0.15, 0.2) is 6.61 Å². The number of ether oxygens (including phenoxy) is 2. The molecule has 1 N–H and O–H groups in total. The van der Waals surface area contributed by atoms with Crippen LogP contribution in [0.1, 0.15) is 35.7 Å². The molecule has 1 fully saturated rings. The van der Waals surface area contributed by atoms with E-state index in [0.717, 1.165) is 18.5 Å². The topological polar surface area (TPSA) is 84.9 Å². The summed E-state index contributed by atoms with van der Waals surface area (Å²) in [4.78, 5) is 37.8. The second-order valence-corrected chi connectivity index (χ2v) is 6.67. The molecule has 29 heavy (non-hydrogen) atoms. The van der Waals surface area contributed by atoms with Crippen molar-refractivity contribution in [1.82, 2.24) is 4.90 Å². The summed E-state index contributed by atoms with van der Waals surface area (Å²) >= 11 is 0. The summed E-state index contributed by atoms with van der Waals surface area (Å²) in [5.74, 6) is -0.316. The third-order valence-electron chi connectivity index (χ3n) is 4.53. The van der Waals surface area contributed by atoms with E-state index in [4.69, 9.17) is 9.47 Å².